The molecule has 170 valence electrons. The second kappa shape index (κ2) is 9.82. The minimum Gasteiger partial charge on any atom is -0.478 e. The zero-order valence-electron chi connectivity index (χ0n) is 18.3. The number of alkyl carbamates (subject to hydrolysis) is 1. The Morgan fingerprint density at radius 2 is 1.69 bits per heavy atom. The lowest BCUT2D eigenvalue weighted by Crippen LogP contribution is -2.55. The molecule has 0 unspecified atom stereocenters. The van der Waals surface area contributed by atoms with Gasteiger partial charge in [-0.1, -0.05) is 41.9 Å². The Balaban J connectivity index is 2.31. The van der Waals surface area contributed by atoms with Crippen LogP contribution in [0.5, 0.6) is 0 Å². The van der Waals surface area contributed by atoms with E-state index in [4.69, 9.17) is 31.9 Å². The predicted molar refractivity (Wildman–Crippen MR) is 122 cm³/mol. The number of carbonyl (C=O) groups is 2. The Morgan fingerprint density at radius 1 is 1.06 bits per heavy atom. The Kier molecular flexibility index (Phi) is 7.64. The van der Waals surface area contributed by atoms with Crippen LogP contribution in [0, 0.1) is 10.8 Å². The number of carboxylic acid groups (broad SMARTS) is 1. The Bertz CT molecular complexity index is 1030. The van der Waals surface area contributed by atoms with Crippen molar-refractivity contribution in [2.75, 3.05) is 0 Å². The van der Waals surface area contributed by atoms with Crippen LogP contribution < -0.4 is 5.32 Å². The molecule has 2 aromatic carbocycles. The molecule has 0 saturated carbocycles. The standard InChI is InChI=1S/C23H26ClN3O5/c1-22(2,3)32-21(30)27-23(4,13-14-8-6-5-7-9-14)20(26)31-18(25)16-12-15(19(28)29)10-11-17(16)24/h5-12,25-26H,13H2,1-4H3,(H,27,30)(H,28,29)/t23-/m1/s1. The summed E-state index contributed by atoms with van der Waals surface area (Å²) in [6.07, 6.45) is -0.566. The normalized spacial score (nSPS) is 12.9. The lowest BCUT2D eigenvalue weighted by atomic mass is 9.92. The third-order valence-electron chi connectivity index (χ3n) is 4.34. The molecule has 0 fully saturated rings. The minimum atomic E-state index is -1.37. The lowest BCUT2D eigenvalue weighted by Gasteiger charge is -2.32. The van der Waals surface area contributed by atoms with Gasteiger partial charge in [0.2, 0.25) is 11.8 Å². The van der Waals surface area contributed by atoms with Crippen LogP contribution in [0.1, 0.15) is 49.2 Å². The van der Waals surface area contributed by atoms with Gasteiger partial charge in [-0.15, -0.1) is 0 Å². The number of carboxylic acids is 1. The summed E-state index contributed by atoms with van der Waals surface area (Å²) in [5.74, 6) is -2.14. The number of hydrogen-bond donors (Lipinski definition) is 4. The molecule has 2 rings (SSSR count). The molecular formula is C23H26ClN3O5. The summed E-state index contributed by atoms with van der Waals surface area (Å²) in [5, 5.41) is 28.7. The number of aromatic carboxylic acids is 1. The Morgan fingerprint density at radius 3 is 2.25 bits per heavy atom. The van der Waals surface area contributed by atoms with Gasteiger partial charge in [-0.25, -0.2) is 9.59 Å². The first-order valence-corrected chi connectivity index (χ1v) is 10.1. The third kappa shape index (κ3) is 6.81. The van der Waals surface area contributed by atoms with Crippen molar-refractivity contribution < 1.29 is 24.2 Å². The molecule has 32 heavy (non-hydrogen) atoms. The second-order valence-corrected chi connectivity index (χ2v) is 8.79. The number of hydrogen-bond acceptors (Lipinski definition) is 6. The molecule has 1 atom stereocenters. The monoisotopic (exact) mass is 459 g/mol. The molecule has 0 aromatic heterocycles. The molecule has 0 heterocycles. The van der Waals surface area contributed by atoms with Gasteiger partial charge >= 0.3 is 12.1 Å². The van der Waals surface area contributed by atoms with Crippen LogP contribution in [-0.4, -0.2) is 40.1 Å². The topological polar surface area (TPSA) is 133 Å². The quantitative estimate of drug-likeness (QED) is 0.361. The largest absolute Gasteiger partial charge is 0.478 e. The summed E-state index contributed by atoms with van der Waals surface area (Å²) < 4.78 is 10.8. The summed E-state index contributed by atoms with van der Waals surface area (Å²) in [4.78, 5) is 23.7. The van der Waals surface area contributed by atoms with Crippen LogP contribution in [0.2, 0.25) is 5.02 Å². The van der Waals surface area contributed by atoms with Gasteiger partial charge < -0.3 is 19.9 Å². The summed E-state index contributed by atoms with van der Waals surface area (Å²) in [5.41, 5.74) is -1.37. The van der Waals surface area contributed by atoms with E-state index in [1.807, 2.05) is 30.3 Å². The lowest BCUT2D eigenvalue weighted by molar-refractivity contribution is 0.0484. The number of nitrogens with one attached hydrogen (secondary N) is 3. The predicted octanol–water partition coefficient (Wildman–Crippen LogP) is 4.88. The number of carbonyl (C=O) groups excluding carboxylic acids is 1. The second-order valence-electron chi connectivity index (χ2n) is 8.38. The summed E-state index contributed by atoms with van der Waals surface area (Å²) in [6, 6.07) is 13.0. The van der Waals surface area contributed by atoms with Crippen molar-refractivity contribution >= 4 is 35.5 Å². The first-order chi connectivity index (χ1) is 14.8. The van der Waals surface area contributed by atoms with Gasteiger partial charge in [0.1, 0.15) is 11.1 Å². The fourth-order valence-corrected chi connectivity index (χ4v) is 3.02. The van der Waals surface area contributed by atoms with E-state index < -0.39 is 35.0 Å². The summed E-state index contributed by atoms with van der Waals surface area (Å²) in [6.45, 7) is 6.73. The van der Waals surface area contributed by atoms with Crippen LogP contribution in [0.3, 0.4) is 0 Å². The van der Waals surface area contributed by atoms with Gasteiger partial charge in [-0.05, 0) is 51.5 Å². The fraction of sp³-hybridized carbons (Fsp3) is 0.304. The molecule has 1 amide bonds. The van der Waals surface area contributed by atoms with Gasteiger partial charge in [0, 0.05) is 6.42 Å². The fourth-order valence-electron chi connectivity index (χ4n) is 2.82. The zero-order valence-corrected chi connectivity index (χ0v) is 19.0. The highest BCUT2D eigenvalue weighted by Gasteiger charge is 2.36. The third-order valence-corrected chi connectivity index (χ3v) is 4.67. The minimum absolute atomic E-state index is 0.00986. The van der Waals surface area contributed by atoms with Crippen LogP contribution in [-0.2, 0) is 15.9 Å². The molecule has 0 aliphatic carbocycles. The molecule has 0 saturated heterocycles. The van der Waals surface area contributed by atoms with E-state index in [0.717, 1.165) is 5.56 Å². The number of ether oxygens (including phenoxy) is 2. The van der Waals surface area contributed by atoms with Crippen molar-refractivity contribution in [1.82, 2.24) is 5.32 Å². The average molecular weight is 460 g/mol. The van der Waals surface area contributed by atoms with Crippen molar-refractivity contribution in [2.24, 2.45) is 0 Å². The van der Waals surface area contributed by atoms with Gasteiger partial charge in [-0.3, -0.25) is 10.8 Å². The highest BCUT2D eigenvalue weighted by Crippen LogP contribution is 2.22. The van der Waals surface area contributed by atoms with Gasteiger partial charge in [0.25, 0.3) is 0 Å². The highest BCUT2D eigenvalue weighted by molar-refractivity contribution is 6.34. The maximum absolute atomic E-state index is 12.5. The van der Waals surface area contributed by atoms with Gasteiger partial charge in [-0.2, -0.15) is 0 Å². The maximum Gasteiger partial charge on any atom is 0.408 e. The van der Waals surface area contributed by atoms with E-state index in [2.05, 4.69) is 5.32 Å². The Labute approximate surface area is 191 Å². The smallest absolute Gasteiger partial charge is 0.408 e. The van der Waals surface area contributed by atoms with E-state index in [9.17, 15) is 14.7 Å². The molecule has 0 radical (unpaired) electrons. The van der Waals surface area contributed by atoms with Crippen molar-refractivity contribution in [3.63, 3.8) is 0 Å². The van der Waals surface area contributed by atoms with E-state index in [0.29, 0.717) is 0 Å². The molecule has 0 spiro atoms. The maximum atomic E-state index is 12.5. The number of amides is 1. The molecule has 0 bridgehead atoms. The molecule has 0 aliphatic heterocycles. The zero-order chi connectivity index (χ0) is 24.1. The van der Waals surface area contributed by atoms with E-state index in [1.54, 1.807) is 27.7 Å². The number of halogens is 1. The van der Waals surface area contributed by atoms with E-state index in [-0.39, 0.29) is 22.6 Å². The van der Waals surface area contributed by atoms with Crippen LogP contribution in [0.4, 0.5) is 4.79 Å². The van der Waals surface area contributed by atoms with E-state index in [1.165, 1.54) is 18.2 Å². The first-order valence-electron chi connectivity index (χ1n) is 9.74. The molecule has 4 N–H and O–H groups in total. The summed E-state index contributed by atoms with van der Waals surface area (Å²) in [7, 11) is 0. The molecule has 0 aliphatic rings. The summed E-state index contributed by atoms with van der Waals surface area (Å²) >= 11 is 6.11. The van der Waals surface area contributed by atoms with Crippen molar-refractivity contribution in [3.8, 4) is 0 Å². The van der Waals surface area contributed by atoms with Crippen LogP contribution in [0.25, 0.3) is 0 Å². The van der Waals surface area contributed by atoms with Gasteiger partial charge in [0.05, 0.1) is 16.1 Å². The number of rotatable bonds is 6. The van der Waals surface area contributed by atoms with Crippen molar-refractivity contribution in [1.29, 1.82) is 10.8 Å². The van der Waals surface area contributed by atoms with Crippen molar-refractivity contribution in [3.05, 3.63) is 70.2 Å². The average Bonchev–Trinajstić information content (AvgIpc) is 2.67. The SMILES string of the molecule is CC(C)(C)OC(=O)N[C@](C)(Cc1ccccc1)C(=N)OC(=N)c1cc(C(=O)O)ccc1Cl. The highest BCUT2D eigenvalue weighted by atomic mass is 35.5. The Hall–Kier alpha value is -3.39. The van der Waals surface area contributed by atoms with Gasteiger partial charge in [0.15, 0.2) is 0 Å². The molecule has 2 aromatic rings. The molecule has 8 nitrogen and oxygen atoms in total. The first kappa shape index (κ1) is 24.9. The number of benzene rings is 2. The molecular weight excluding hydrogens is 434 g/mol. The van der Waals surface area contributed by atoms with Crippen LogP contribution in [0.15, 0.2) is 48.5 Å². The van der Waals surface area contributed by atoms with Crippen molar-refractivity contribution in [2.45, 2.75) is 45.3 Å². The van der Waals surface area contributed by atoms with E-state index >= 15 is 0 Å². The molecule has 9 heteroatoms. The van der Waals surface area contributed by atoms with Crippen LogP contribution >= 0.6 is 11.6 Å².